The molecule has 0 saturated heterocycles. The Morgan fingerprint density at radius 2 is 1.83 bits per heavy atom. The molecule has 4 rings (SSSR count). The molecule has 0 unspecified atom stereocenters. The first-order valence-electron chi connectivity index (χ1n) is 8.86. The van der Waals surface area contributed by atoms with Crippen molar-refractivity contribution in [1.82, 2.24) is 14.7 Å². The number of rotatable bonds is 5. The predicted molar refractivity (Wildman–Crippen MR) is 109 cm³/mol. The maximum Gasteiger partial charge on any atom is 0.274 e. The summed E-state index contributed by atoms with van der Waals surface area (Å²) in [6, 6.07) is 17.1. The molecule has 0 bridgehead atoms. The van der Waals surface area contributed by atoms with Crippen molar-refractivity contribution in [1.29, 1.82) is 0 Å². The Bertz CT molecular complexity index is 1280. The summed E-state index contributed by atoms with van der Waals surface area (Å²) in [5.41, 5.74) is 0.377. The minimum absolute atomic E-state index is 0.0171. The van der Waals surface area contributed by atoms with E-state index in [1.807, 2.05) is 0 Å². The summed E-state index contributed by atoms with van der Waals surface area (Å²) >= 11 is 6.06. The fraction of sp³-hybridized carbons (Fsp3) is 0.0476. The van der Waals surface area contributed by atoms with Crippen LogP contribution in [-0.2, 0) is 11.3 Å². The second-order valence-electron chi connectivity index (χ2n) is 6.27. The van der Waals surface area contributed by atoms with Gasteiger partial charge in [0.1, 0.15) is 18.1 Å². The van der Waals surface area contributed by atoms with Crippen LogP contribution in [0.25, 0.3) is 23.0 Å². The van der Waals surface area contributed by atoms with Crippen LogP contribution in [0.2, 0.25) is 5.02 Å². The Hall–Kier alpha value is -3.78. The third-order valence-electron chi connectivity index (χ3n) is 4.26. The number of halogens is 2. The number of pyridine rings is 1. The number of nitrogens with zero attached hydrogens (tertiary/aromatic N) is 3. The lowest BCUT2D eigenvalue weighted by Crippen LogP contribution is -2.28. The minimum atomic E-state index is -0.505. The molecule has 2 heterocycles. The largest absolute Gasteiger partial charge is 0.332 e. The average Bonchev–Trinajstić information content (AvgIpc) is 3.21. The van der Waals surface area contributed by atoms with Crippen LogP contribution in [0.3, 0.4) is 0 Å². The van der Waals surface area contributed by atoms with E-state index in [-0.39, 0.29) is 29.5 Å². The van der Waals surface area contributed by atoms with Crippen molar-refractivity contribution in [3.63, 3.8) is 0 Å². The van der Waals surface area contributed by atoms with Crippen molar-refractivity contribution in [2.45, 2.75) is 6.54 Å². The van der Waals surface area contributed by atoms with E-state index in [1.165, 1.54) is 28.8 Å². The Kier molecular flexibility index (Phi) is 5.40. The number of amides is 1. The third-order valence-corrected chi connectivity index (χ3v) is 4.59. The van der Waals surface area contributed by atoms with E-state index in [2.05, 4.69) is 15.5 Å². The highest BCUT2D eigenvalue weighted by Crippen LogP contribution is 2.24. The molecule has 0 radical (unpaired) electrons. The molecule has 30 heavy (non-hydrogen) atoms. The molecule has 0 aliphatic rings. The molecule has 0 aliphatic heterocycles. The maximum absolute atomic E-state index is 14.0. The van der Waals surface area contributed by atoms with Gasteiger partial charge in [-0.2, -0.15) is 4.98 Å². The monoisotopic (exact) mass is 424 g/mol. The zero-order chi connectivity index (χ0) is 21.1. The second kappa shape index (κ2) is 8.30. The van der Waals surface area contributed by atoms with Crippen LogP contribution in [0.1, 0.15) is 0 Å². The van der Waals surface area contributed by atoms with E-state index < -0.39 is 17.3 Å². The minimum Gasteiger partial charge on any atom is -0.332 e. The summed E-state index contributed by atoms with van der Waals surface area (Å²) in [6.45, 7) is -0.308. The smallest absolute Gasteiger partial charge is 0.274 e. The molecule has 7 nitrogen and oxygen atoms in total. The zero-order valence-corrected chi connectivity index (χ0v) is 16.1. The van der Waals surface area contributed by atoms with Gasteiger partial charge in [0.2, 0.25) is 11.7 Å². The van der Waals surface area contributed by atoms with E-state index >= 15 is 0 Å². The van der Waals surface area contributed by atoms with Crippen LogP contribution in [0.5, 0.6) is 0 Å². The normalized spacial score (nSPS) is 10.7. The van der Waals surface area contributed by atoms with E-state index in [0.717, 1.165) is 0 Å². The van der Waals surface area contributed by atoms with Gasteiger partial charge in [-0.3, -0.25) is 14.2 Å². The number of hydrogen-bond acceptors (Lipinski definition) is 5. The fourth-order valence-corrected chi connectivity index (χ4v) is 3.03. The fourth-order valence-electron chi connectivity index (χ4n) is 2.85. The predicted octanol–water partition coefficient (Wildman–Crippen LogP) is 4.00. The van der Waals surface area contributed by atoms with Gasteiger partial charge in [-0.05, 0) is 30.3 Å². The first kappa shape index (κ1) is 19.5. The van der Waals surface area contributed by atoms with Gasteiger partial charge in [-0.25, -0.2) is 4.39 Å². The number of nitrogens with one attached hydrogen (secondary N) is 1. The highest BCUT2D eigenvalue weighted by atomic mass is 35.5. The first-order valence-corrected chi connectivity index (χ1v) is 9.24. The van der Waals surface area contributed by atoms with Crippen molar-refractivity contribution < 1.29 is 13.7 Å². The number of hydrogen-bond donors (Lipinski definition) is 1. The lowest BCUT2D eigenvalue weighted by atomic mass is 10.2. The molecule has 150 valence electrons. The summed E-state index contributed by atoms with van der Waals surface area (Å²) < 4.78 is 20.4. The maximum atomic E-state index is 14.0. The first-order chi connectivity index (χ1) is 14.5. The Balaban J connectivity index is 1.64. The van der Waals surface area contributed by atoms with E-state index in [0.29, 0.717) is 10.7 Å². The van der Waals surface area contributed by atoms with Gasteiger partial charge in [-0.1, -0.05) is 47.1 Å². The number of benzene rings is 2. The van der Waals surface area contributed by atoms with Gasteiger partial charge < -0.3 is 9.84 Å². The van der Waals surface area contributed by atoms with Crippen LogP contribution in [0.15, 0.2) is 76.0 Å². The molecule has 1 amide bonds. The van der Waals surface area contributed by atoms with Crippen molar-refractivity contribution in [2.75, 3.05) is 5.32 Å². The lowest BCUT2D eigenvalue weighted by molar-refractivity contribution is -0.116. The molecule has 4 aromatic rings. The van der Waals surface area contributed by atoms with Crippen molar-refractivity contribution >= 4 is 23.2 Å². The van der Waals surface area contributed by atoms with Crippen LogP contribution in [0, 0.1) is 5.82 Å². The standard InChI is InChI=1S/C21H14ClFN4O3/c22-14-7-2-4-9-16(14)24-18(28)12-27-17(10-5-11-19(27)29)21-25-20(26-30-21)13-6-1-3-8-15(13)23/h1-11H,12H2,(H,24,28). The third kappa shape index (κ3) is 3.99. The van der Waals surface area contributed by atoms with E-state index in [4.69, 9.17) is 16.1 Å². The van der Waals surface area contributed by atoms with Gasteiger partial charge in [0.15, 0.2) is 0 Å². The van der Waals surface area contributed by atoms with Crippen molar-refractivity contribution in [3.8, 4) is 23.0 Å². The van der Waals surface area contributed by atoms with Crippen LogP contribution < -0.4 is 10.9 Å². The molecule has 0 spiro atoms. The summed E-state index contributed by atoms with van der Waals surface area (Å²) in [5, 5.41) is 6.82. The average molecular weight is 425 g/mol. The summed E-state index contributed by atoms with van der Waals surface area (Å²) in [4.78, 5) is 29.1. The summed E-state index contributed by atoms with van der Waals surface area (Å²) in [5.74, 6) is -0.955. The van der Waals surface area contributed by atoms with Crippen molar-refractivity contribution in [3.05, 3.63) is 87.9 Å². The lowest BCUT2D eigenvalue weighted by Gasteiger charge is -2.11. The van der Waals surface area contributed by atoms with Gasteiger partial charge in [0.25, 0.3) is 11.4 Å². The van der Waals surface area contributed by atoms with Gasteiger partial charge in [-0.15, -0.1) is 0 Å². The van der Waals surface area contributed by atoms with Gasteiger partial charge in [0, 0.05) is 6.07 Å². The number of carbonyl (C=O) groups excluding carboxylic acids is 1. The number of carbonyl (C=O) groups is 1. The number of anilines is 1. The number of aromatic nitrogens is 3. The van der Waals surface area contributed by atoms with Crippen LogP contribution in [-0.4, -0.2) is 20.6 Å². The van der Waals surface area contributed by atoms with E-state index in [1.54, 1.807) is 42.5 Å². The SMILES string of the molecule is O=C(Cn1c(-c2nc(-c3ccccc3F)no2)cccc1=O)Nc1ccccc1Cl. The molecule has 2 aromatic heterocycles. The Labute approximate surface area is 174 Å². The van der Waals surface area contributed by atoms with Crippen molar-refractivity contribution in [2.24, 2.45) is 0 Å². The molecule has 0 atom stereocenters. The molecular formula is C21H14ClFN4O3. The van der Waals surface area contributed by atoms with E-state index in [9.17, 15) is 14.0 Å². The van der Waals surface area contributed by atoms with Gasteiger partial charge >= 0.3 is 0 Å². The summed E-state index contributed by atoms with van der Waals surface area (Å²) in [7, 11) is 0. The van der Waals surface area contributed by atoms with Gasteiger partial charge in [0.05, 0.1) is 16.3 Å². The van der Waals surface area contributed by atoms with Crippen LogP contribution in [0.4, 0.5) is 10.1 Å². The van der Waals surface area contributed by atoms with Crippen LogP contribution >= 0.6 is 11.6 Å². The topological polar surface area (TPSA) is 90.0 Å². The second-order valence-corrected chi connectivity index (χ2v) is 6.67. The highest BCUT2D eigenvalue weighted by Gasteiger charge is 2.18. The molecule has 9 heteroatoms. The quantitative estimate of drug-likeness (QED) is 0.523. The summed E-state index contributed by atoms with van der Waals surface area (Å²) in [6.07, 6.45) is 0. The zero-order valence-electron chi connectivity index (χ0n) is 15.4. The molecule has 2 aromatic carbocycles. The Morgan fingerprint density at radius 3 is 2.63 bits per heavy atom. The highest BCUT2D eigenvalue weighted by molar-refractivity contribution is 6.33. The number of para-hydroxylation sites is 1. The molecule has 1 N–H and O–H groups in total. The molecule has 0 fully saturated rings. The molecular weight excluding hydrogens is 411 g/mol. The Morgan fingerprint density at radius 1 is 1.07 bits per heavy atom. The molecule has 0 saturated carbocycles. The molecule has 0 aliphatic carbocycles.